The van der Waals surface area contributed by atoms with Gasteiger partial charge < -0.3 is 27.4 Å². The summed E-state index contributed by atoms with van der Waals surface area (Å²) in [7, 11) is 0. The highest BCUT2D eigenvalue weighted by Crippen LogP contribution is 2.46. The van der Waals surface area contributed by atoms with Crippen molar-refractivity contribution in [2.45, 2.75) is 0 Å². The van der Waals surface area contributed by atoms with Crippen molar-refractivity contribution in [3.8, 4) is 67.5 Å². The molecule has 0 aliphatic carbocycles. The number of benzene rings is 16. The zero-order valence-electron chi connectivity index (χ0n) is 55.3. The Hall–Kier alpha value is -13.7. The summed E-state index contributed by atoms with van der Waals surface area (Å²) in [5.74, 6) is 0. The van der Waals surface area contributed by atoms with E-state index in [0.29, 0.717) is 0 Å². The Morgan fingerprint density at radius 2 is 0.324 bits per heavy atom. The Balaban J connectivity index is 0.704. The Morgan fingerprint density at radius 3 is 0.598 bits per heavy atom. The lowest BCUT2D eigenvalue weighted by Gasteiger charge is -2.15. The van der Waals surface area contributed by atoms with E-state index in [-0.39, 0.29) is 0 Å². The molecule has 0 saturated heterocycles. The minimum atomic E-state index is 1.10. The minimum Gasteiger partial charge on any atom is -0.309 e. The van der Waals surface area contributed by atoms with Gasteiger partial charge in [0.2, 0.25) is 0 Å². The van der Waals surface area contributed by atoms with E-state index in [1.165, 1.54) is 131 Å². The lowest BCUT2D eigenvalue weighted by Crippen LogP contribution is -1.98. The number of aromatic nitrogens is 6. The number of hydrogen-bond acceptors (Lipinski definition) is 0. The summed E-state index contributed by atoms with van der Waals surface area (Å²) in [5, 5.41) is 14.7. The summed E-state index contributed by atoms with van der Waals surface area (Å²) in [5.41, 5.74) is 27.8. The fourth-order valence-corrected chi connectivity index (χ4v) is 17.3. The molecular formula is C96H60N6. The molecule has 474 valence electrons. The Morgan fingerprint density at radius 1 is 0.118 bits per heavy atom. The standard InChI is InChI=1S/C96H60N6/c1-4-22-67(23-5-1)97-85-34-16-12-30-75(85)81-59-93-83(57-91(81)97)77-32-14-18-36-87(77)99(93)70-46-40-61(41-47-70)64-54-65(62-42-48-71(49-43-62)100-88-37-19-15-33-78(88)84-58-92-82(60-94(84)100)76-31-13-17-35-86(76)98(92)68-24-6-2-7-25-68)56-66(55-64)63-44-50-72(51-45-63)102-90-39-21-11-29-74(90)80-53-52-79-73-28-10-20-38-89(73)101(95(79)96(80)102)69-26-8-3-9-27-69/h1-60H. The maximum absolute atomic E-state index is 2.49. The Kier molecular flexibility index (Phi) is 12.1. The van der Waals surface area contributed by atoms with E-state index < -0.39 is 0 Å². The van der Waals surface area contributed by atoms with Gasteiger partial charge in [-0.25, -0.2) is 0 Å². The van der Waals surface area contributed by atoms with Crippen molar-refractivity contribution in [2.75, 3.05) is 0 Å². The molecule has 0 radical (unpaired) electrons. The van der Waals surface area contributed by atoms with Crippen molar-refractivity contribution in [1.29, 1.82) is 0 Å². The van der Waals surface area contributed by atoms with Crippen LogP contribution in [0.1, 0.15) is 0 Å². The molecule has 22 rings (SSSR count). The van der Waals surface area contributed by atoms with Crippen molar-refractivity contribution in [3.05, 3.63) is 364 Å². The van der Waals surface area contributed by atoms with E-state index in [1.54, 1.807) is 0 Å². The molecule has 0 atom stereocenters. The van der Waals surface area contributed by atoms with E-state index >= 15 is 0 Å². The summed E-state index contributed by atoms with van der Waals surface area (Å²) in [6.07, 6.45) is 0. The highest BCUT2D eigenvalue weighted by molar-refractivity contribution is 6.25. The SMILES string of the molecule is c1ccc(-n2c3ccccc3c3cc4c(cc32)c2ccccc2n4-c2ccc(-c3cc(-c4ccc(-n5c6ccccc6c6cc7c(cc65)c5ccccc5n7-c5ccccc5)cc4)cc(-c4ccc(-n5c6ccccc6c6ccc7c8ccccc8n(-c8ccccc8)c7c65)cc4)c3)cc2)cc1. The molecule has 6 aromatic heterocycles. The summed E-state index contributed by atoms with van der Waals surface area (Å²) < 4.78 is 14.7. The van der Waals surface area contributed by atoms with Gasteiger partial charge in [0.1, 0.15) is 0 Å². The van der Waals surface area contributed by atoms with Crippen LogP contribution in [0.3, 0.4) is 0 Å². The first-order valence-corrected chi connectivity index (χ1v) is 35.1. The second-order valence-corrected chi connectivity index (χ2v) is 27.2. The van der Waals surface area contributed by atoms with Crippen LogP contribution in [0.5, 0.6) is 0 Å². The summed E-state index contributed by atoms with van der Waals surface area (Å²) in [4.78, 5) is 0. The van der Waals surface area contributed by atoms with Gasteiger partial charge in [-0.05, 0) is 185 Å². The molecule has 16 aromatic carbocycles. The first-order valence-electron chi connectivity index (χ1n) is 35.1. The number of fused-ring (bicyclic) bond motifs is 19. The predicted molar refractivity (Wildman–Crippen MR) is 429 cm³/mol. The number of rotatable bonds is 9. The second-order valence-electron chi connectivity index (χ2n) is 27.2. The van der Waals surface area contributed by atoms with Gasteiger partial charge in [0.05, 0.1) is 66.2 Å². The number of nitrogens with zero attached hydrogens (tertiary/aromatic N) is 6. The van der Waals surface area contributed by atoms with Crippen molar-refractivity contribution in [2.24, 2.45) is 0 Å². The van der Waals surface area contributed by atoms with Gasteiger partial charge in [-0.3, -0.25) is 0 Å². The monoisotopic (exact) mass is 1300 g/mol. The molecule has 0 unspecified atom stereocenters. The molecule has 0 amide bonds. The van der Waals surface area contributed by atoms with Crippen LogP contribution >= 0.6 is 0 Å². The zero-order chi connectivity index (χ0) is 66.7. The Labute approximate surface area is 586 Å². The van der Waals surface area contributed by atoms with Gasteiger partial charge in [0, 0.05) is 98.8 Å². The smallest absolute Gasteiger partial charge is 0.0788 e. The van der Waals surface area contributed by atoms with Crippen molar-refractivity contribution in [3.63, 3.8) is 0 Å². The van der Waals surface area contributed by atoms with Crippen LogP contribution in [0, 0.1) is 0 Å². The first kappa shape index (κ1) is 56.3. The van der Waals surface area contributed by atoms with Crippen LogP contribution in [0.15, 0.2) is 364 Å². The fraction of sp³-hybridized carbons (Fsp3) is 0. The van der Waals surface area contributed by atoms with E-state index in [4.69, 9.17) is 0 Å². The van der Waals surface area contributed by atoms with E-state index in [0.717, 1.165) is 67.5 Å². The Bertz CT molecular complexity index is 6890. The van der Waals surface area contributed by atoms with E-state index in [1.807, 2.05) is 0 Å². The zero-order valence-corrected chi connectivity index (χ0v) is 55.3. The molecule has 0 bridgehead atoms. The van der Waals surface area contributed by atoms with Crippen LogP contribution in [-0.2, 0) is 0 Å². The average molecular weight is 1300 g/mol. The highest BCUT2D eigenvalue weighted by atomic mass is 15.1. The molecule has 102 heavy (non-hydrogen) atoms. The van der Waals surface area contributed by atoms with Gasteiger partial charge in [-0.2, -0.15) is 0 Å². The molecule has 6 heteroatoms. The third-order valence-corrected chi connectivity index (χ3v) is 21.8. The van der Waals surface area contributed by atoms with Gasteiger partial charge >= 0.3 is 0 Å². The van der Waals surface area contributed by atoms with Gasteiger partial charge in [-0.1, -0.05) is 212 Å². The molecular weight excluding hydrogens is 1240 g/mol. The molecule has 0 saturated carbocycles. The predicted octanol–water partition coefficient (Wildman–Crippen LogP) is 25.3. The topological polar surface area (TPSA) is 29.6 Å². The van der Waals surface area contributed by atoms with Crippen LogP contribution in [0.25, 0.3) is 198 Å². The number of para-hydroxylation sites is 9. The highest BCUT2D eigenvalue weighted by Gasteiger charge is 2.24. The molecule has 0 aliphatic rings. The van der Waals surface area contributed by atoms with Gasteiger partial charge in [-0.15, -0.1) is 0 Å². The number of hydrogen-bond donors (Lipinski definition) is 0. The molecule has 0 N–H and O–H groups in total. The van der Waals surface area contributed by atoms with Crippen LogP contribution < -0.4 is 0 Å². The maximum atomic E-state index is 2.49. The molecule has 6 nitrogen and oxygen atoms in total. The maximum Gasteiger partial charge on any atom is 0.0788 e. The molecule has 22 aromatic rings. The molecule has 0 aliphatic heterocycles. The summed E-state index contributed by atoms with van der Waals surface area (Å²) >= 11 is 0. The molecule has 6 heterocycles. The second kappa shape index (κ2) is 21.9. The van der Waals surface area contributed by atoms with Gasteiger partial charge in [0.25, 0.3) is 0 Å². The third-order valence-electron chi connectivity index (χ3n) is 21.8. The summed E-state index contributed by atoms with van der Waals surface area (Å²) in [6.45, 7) is 0. The lowest BCUT2D eigenvalue weighted by atomic mass is 9.93. The van der Waals surface area contributed by atoms with Gasteiger partial charge in [0.15, 0.2) is 0 Å². The van der Waals surface area contributed by atoms with E-state index in [2.05, 4.69) is 391 Å². The molecule has 0 fully saturated rings. The van der Waals surface area contributed by atoms with E-state index in [9.17, 15) is 0 Å². The quantitative estimate of drug-likeness (QED) is 0.138. The first-order chi connectivity index (χ1) is 50.6. The third kappa shape index (κ3) is 8.29. The van der Waals surface area contributed by atoms with Crippen LogP contribution in [-0.4, -0.2) is 27.4 Å². The molecule has 0 spiro atoms. The minimum absolute atomic E-state index is 1.10. The van der Waals surface area contributed by atoms with Crippen molar-refractivity contribution < 1.29 is 0 Å². The average Bonchev–Trinajstić information content (AvgIpc) is 1.55. The van der Waals surface area contributed by atoms with Crippen LogP contribution in [0.2, 0.25) is 0 Å². The summed E-state index contributed by atoms with van der Waals surface area (Å²) in [6, 6.07) is 135. The van der Waals surface area contributed by atoms with Crippen LogP contribution in [0.4, 0.5) is 0 Å². The normalized spacial score (nSPS) is 12.1. The fourth-order valence-electron chi connectivity index (χ4n) is 17.3. The van der Waals surface area contributed by atoms with Crippen molar-refractivity contribution in [1.82, 2.24) is 27.4 Å². The lowest BCUT2D eigenvalue weighted by molar-refractivity contribution is 1.15. The largest absolute Gasteiger partial charge is 0.309 e. The van der Waals surface area contributed by atoms with Crippen molar-refractivity contribution >= 4 is 131 Å².